The van der Waals surface area contributed by atoms with Gasteiger partial charge in [-0.3, -0.25) is 14.6 Å². The molecule has 18 heavy (non-hydrogen) atoms. The van der Waals surface area contributed by atoms with E-state index in [1.54, 1.807) is 0 Å². The van der Waals surface area contributed by atoms with Crippen LogP contribution < -0.4 is 4.90 Å². The van der Waals surface area contributed by atoms with E-state index in [4.69, 9.17) is 4.74 Å². The van der Waals surface area contributed by atoms with Crippen molar-refractivity contribution >= 4 is 17.6 Å². The van der Waals surface area contributed by atoms with Crippen LogP contribution in [0.3, 0.4) is 0 Å². The van der Waals surface area contributed by atoms with Gasteiger partial charge < -0.3 is 4.74 Å². The largest absolute Gasteiger partial charge is 0.380 e. The average molecular weight is 248 g/mol. The lowest BCUT2D eigenvalue weighted by molar-refractivity contribution is -0.125. The maximum atomic E-state index is 12.1. The summed E-state index contributed by atoms with van der Waals surface area (Å²) in [6, 6.07) is 8.92. The quantitative estimate of drug-likeness (QED) is 0.586. The van der Waals surface area contributed by atoms with Crippen LogP contribution in [0.1, 0.15) is 6.92 Å². The lowest BCUT2D eigenvalue weighted by Gasteiger charge is -2.16. The number of rotatable bonds is 5. The molecule has 1 aromatic rings. The highest BCUT2D eigenvalue weighted by atomic mass is 16.5. The Balaban J connectivity index is 2.05. The first-order valence-corrected chi connectivity index (χ1v) is 5.98. The zero-order valence-electron chi connectivity index (χ0n) is 10.3. The van der Waals surface area contributed by atoms with E-state index < -0.39 is 0 Å². The Kier molecular flexibility index (Phi) is 3.94. The molecular formula is C13H16N2O3. The smallest absolute Gasteiger partial charge is 0.331 e. The van der Waals surface area contributed by atoms with E-state index in [1.807, 2.05) is 37.3 Å². The zero-order chi connectivity index (χ0) is 13.0. The molecule has 1 saturated heterocycles. The second kappa shape index (κ2) is 5.64. The molecule has 96 valence electrons. The Morgan fingerprint density at radius 2 is 1.94 bits per heavy atom. The molecule has 0 spiro atoms. The molecular weight excluding hydrogens is 232 g/mol. The molecule has 0 saturated carbocycles. The first kappa shape index (κ1) is 12.6. The molecule has 0 N–H and O–H groups in total. The number of urea groups is 1. The van der Waals surface area contributed by atoms with Crippen LogP contribution in [0, 0.1) is 0 Å². The molecule has 1 heterocycles. The van der Waals surface area contributed by atoms with Crippen LogP contribution >= 0.6 is 0 Å². The predicted octanol–water partition coefficient (Wildman–Crippen LogP) is 1.49. The fourth-order valence-electron chi connectivity index (χ4n) is 1.87. The molecule has 2 rings (SSSR count). The van der Waals surface area contributed by atoms with Gasteiger partial charge in [0.05, 0.1) is 13.2 Å². The van der Waals surface area contributed by atoms with Gasteiger partial charge in [-0.2, -0.15) is 0 Å². The van der Waals surface area contributed by atoms with E-state index in [0.717, 1.165) is 5.69 Å². The van der Waals surface area contributed by atoms with Crippen LogP contribution in [0.5, 0.6) is 0 Å². The number of amides is 3. The van der Waals surface area contributed by atoms with Gasteiger partial charge in [-0.1, -0.05) is 18.2 Å². The predicted molar refractivity (Wildman–Crippen MR) is 67.4 cm³/mol. The molecule has 1 fully saturated rings. The summed E-state index contributed by atoms with van der Waals surface area (Å²) in [5.41, 5.74) is 0.745. The second-order valence-electron chi connectivity index (χ2n) is 3.95. The number of hydrogen-bond acceptors (Lipinski definition) is 3. The van der Waals surface area contributed by atoms with Crippen LogP contribution in [-0.2, 0) is 9.53 Å². The van der Waals surface area contributed by atoms with E-state index in [2.05, 4.69) is 0 Å². The zero-order valence-corrected chi connectivity index (χ0v) is 10.3. The van der Waals surface area contributed by atoms with Crippen molar-refractivity contribution < 1.29 is 14.3 Å². The first-order chi connectivity index (χ1) is 8.74. The maximum Gasteiger partial charge on any atom is 0.331 e. The molecule has 1 aliphatic heterocycles. The monoisotopic (exact) mass is 248 g/mol. The Morgan fingerprint density at radius 1 is 1.22 bits per heavy atom. The number of carbonyl (C=O) groups excluding carboxylic acids is 2. The van der Waals surface area contributed by atoms with Crippen LogP contribution in [0.4, 0.5) is 10.5 Å². The summed E-state index contributed by atoms with van der Waals surface area (Å²) in [6.07, 6.45) is 0. The number of para-hydroxylation sites is 1. The van der Waals surface area contributed by atoms with E-state index >= 15 is 0 Å². The summed E-state index contributed by atoms with van der Waals surface area (Å²) < 4.78 is 5.17. The van der Waals surface area contributed by atoms with Gasteiger partial charge in [0.1, 0.15) is 6.54 Å². The number of benzene rings is 1. The minimum absolute atomic E-state index is 0.106. The van der Waals surface area contributed by atoms with Gasteiger partial charge in [-0.25, -0.2) is 4.79 Å². The Labute approximate surface area is 106 Å². The summed E-state index contributed by atoms with van der Waals surface area (Å²) in [6.45, 7) is 3.27. The number of imide groups is 1. The number of nitrogens with zero attached hydrogens (tertiary/aromatic N) is 2. The molecule has 0 aromatic heterocycles. The van der Waals surface area contributed by atoms with Gasteiger partial charge in [-0.15, -0.1) is 0 Å². The van der Waals surface area contributed by atoms with Gasteiger partial charge in [0.25, 0.3) is 5.91 Å². The Morgan fingerprint density at radius 3 is 2.61 bits per heavy atom. The van der Waals surface area contributed by atoms with Gasteiger partial charge in [-0.05, 0) is 19.1 Å². The molecule has 0 unspecified atom stereocenters. The summed E-state index contributed by atoms with van der Waals surface area (Å²) >= 11 is 0. The van der Waals surface area contributed by atoms with Crippen molar-refractivity contribution in [3.8, 4) is 0 Å². The van der Waals surface area contributed by atoms with Crippen molar-refractivity contribution in [2.75, 3.05) is 31.2 Å². The van der Waals surface area contributed by atoms with Crippen molar-refractivity contribution in [1.82, 2.24) is 4.90 Å². The van der Waals surface area contributed by atoms with E-state index in [0.29, 0.717) is 19.8 Å². The van der Waals surface area contributed by atoms with Crippen molar-refractivity contribution in [2.24, 2.45) is 0 Å². The normalized spacial score (nSPS) is 15.6. The van der Waals surface area contributed by atoms with Crippen LogP contribution in [0.15, 0.2) is 30.3 Å². The molecule has 3 amide bonds. The lowest BCUT2D eigenvalue weighted by Crippen LogP contribution is -2.35. The fourth-order valence-corrected chi connectivity index (χ4v) is 1.87. The number of carbonyl (C=O) groups is 2. The van der Waals surface area contributed by atoms with Gasteiger partial charge in [0, 0.05) is 12.3 Å². The molecule has 0 radical (unpaired) electrons. The highest BCUT2D eigenvalue weighted by Gasteiger charge is 2.36. The third-order valence-electron chi connectivity index (χ3n) is 2.79. The fraction of sp³-hybridized carbons (Fsp3) is 0.385. The topological polar surface area (TPSA) is 49.9 Å². The van der Waals surface area contributed by atoms with Crippen molar-refractivity contribution in [1.29, 1.82) is 0 Å². The van der Waals surface area contributed by atoms with Crippen LogP contribution in [0.25, 0.3) is 0 Å². The van der Waals surface area contributed by atoms with E-state index in [9.17, 15) is 9.59 Å². The summed E-state index contributed by atoms with van der Waals surface area (Å²) in [5, 5.41) is 0. The molecule has 1 aliphatic rings. The summed E-state index contributed by atoms with van der Waals surface area (Å²) in [7, 11) is 0. The van der Waals surface area contributed by atoms with E-state index in [1.165, 1.54) is 9.80 Å². The van der Waals surface area contributed by atoms with E-state index in [-0.39, 0.29) is 18.5 Å². The molecule has 0 aliphatic carbocycles. The minimum atomic E-state index is -0.272. The third-order valence-corrected chi connectivity index (χ3v) is 2.79. The summed E-state index contributed by atoms with van der Waals surface area (Å²) in [5.74, 6) is -0.177. The Hall–Kier alpha value is -1.88. The number of ether oxygens (including phenoxy) is 1. The second-order valence-corrected chi connectivity index (χ2v) is 3.95. The number of anilines is 1. The van der Waals surface area contributed by atoms with Crippen molar-refractivity contribution in [3.05, 3.63) is 30.3 Å². The molecule has 5 heteroatoms. The standard InChI is InChI=1S/C13H16N2O3/c1-2-18-9-8-14-12(16)10-15(13(14)17)11-6-4-3-5-7-11/h3-7H,2,8-10H2,1H3. The summed E-state index contributed by atoms with van der Waals surface area (Å²) in [4.78, 5) is 26.6. The third kappa shape index (κ3) is 2.51. The maximum absolute atomic E-state index is 12.1. The molecule has 0 bridgehead atoms. The van der Waals surface area contributed by atoms with Gasteiger partial charge in [0.2, 0.25) is 0 Å². The van der Waals surface area contributed by atoms with Crippen molar-refractivity contribution in [3.63, 3.8) is 0 Å². The highest BCUT2D eigenvalue weighted by Crippen LogP contribution is 2.20. The lowest BCUT2D eigenvalue weighted by atomic mass is 10.3. The minimum Gasteiger partial charge on any atom is -0.380 e. The van der Waals surface area contributed by atoms with Gasteiger partial charge >= 0.3 is 6.03 Å². The molecule has 5 nitrogen and oxygen atoms in total. The molecule has 1 aromatic carbocycles. The average Bonchev–Trinajstić information content (AvgIpc) is 2.68. The first-order valence-electron chi connectivity index (χ1n) is 5.98. The molecule has 0 atom stereocenters. The van der Waals surface area contributed by atoms with Gasteiger partial charge in [0.15, 0.2) is 0 Å². The van der Waals surface area contributed by atoms with Crippen LogP contribution in [0.2, 0.25) is 0 Å². The SMILES string of the molecule is CCOCCN1C(=O)CN(c2ccccc2)C1=O. The highest BCUT2D eigenvalue weighted by molar-refractivity contribution is 6.12. The van der Waals surface area contributed by atoms with Crippen molar-refractivity contribution in [2.45, 2.75) is 6.92 Å². The number of hydrogen-bond donors (Lipinski definition) is 0. The Bertz CT molecular complexity index is 433. The van der Waals surface area contributed by atoms with Crippen LogP contribution in [-0.4, -0.2) is 43.1 Å².